The van der Waals surface area contributed by atoms with Crippen LogP contribution in [-0.2, 0) is 18.4 Å². The van der Waals surface area contributed by atoms with Crippen molar-refractivity contribution in [1.29, 1.82) is 0 Å². The molecule has 5 heteroatoms. The molecular weight excluding hydrogens is 346 g/mol. The highest BCUT2D eigenvalue weighted by atomic mass is 35.5. The minimum Gasteiger partial charge on any atom is -0.308 e. The molecule has 0 N–H and O–H groups in total. The van der Waals surface area contributed by atoms with E-state index in [4.69, 9.17) is 11.6 Å². The zero-order chi connectivity index (χ0) is 18.1. The second-order valence-corrected chi connectivity index (χ2v) is 7.22. The molecule has 2 atom stereocenters. The summed E-state index contributed by atoms with van der Waals surface area (Å²) < 4.78 is 1.79. The van der Waals surface area contributed by atoms with E-state index in [0.717, 1.165) is 23.2 Å². The van der Waals surface area contributed by atoms with Gasteiger partial charge in [-0.3, -0.25) is 9.48 Å². The number of benzene rings is 2. The second-order valence-electron chi connectivity index (χ2n) is 6.78. The molecule has 0 aliphatic heterocycles. The summed E-state index contributed by atoms with van der Waals surface area (Å²) in [6.45, 7) is 0.553. The summed E-state index contributed by atoms with van der Waals surface area (Å²) in [5.41, 5.74) is 3.12. The van der Waals surface area contributed by atoms with E-state index < -0.39 is 0 Å². The van der Waals surface area contributed by atoms with Crippen molar-refractivity contribution in [2.24, 2.45) is 13.0 Å². The third-order valence-corrected chi connectivity index (χ3v) is 5.10. The Labute approximate surface area is 158 Å². The number of aromatic nitrogens is 2. The van der Waals surface area contributed by atoms with Crippen molar-refractivity contribution in [3.05, 3.63) is 83.1 Å². The van der Waals surface area contributed by atoms with Gasteiger partial charge in [-0.1, -0.05) is 41.9 Å². The van der Waals surface area contributed by atoms with Gasteiger partial charge in [-0.05, 0) is 47.7 Å². The van der Waals surface area contributed by atoms with Crippen molar-refractivity contribution in [3.63, 3.8) is 0 Å². The van der Waals surface area contributed by atoms with Gasteiger partial charge in [0.2, 0.25) is 5.91 Å². The van der Waals surface area contributed by atoms with Gasteiger partial charge in [0.1, 0.15) is 0 Å². The van der Waals surface area contributed by atoms with Gasteiger partial charge in [0, 0.05) is 29.9 Å². The minimum absolute atomic E-state index is 0.0126. The second kappa shape index (κ2) is 6.96. The van der Waals surface area contributed by atoms with Crippen LogP contribution in [0, 0.1) is 5.92 Å². The fraction of sp³-hybridized carbons (Fsp3) is 0.238. The van der Waals surface area contributed by atoms with Crippen molar-refractivity contribution in [2.45, 2.75) is 18.9 Å². The SMILES string of the molecule is Cn1cc([C@H]2C[C@@H]2C(=O)N(Cc2ccccc2)c2ccc(Cl)cc2)cn1. The van der Waals surface area contributed by atoms with Crippen LogP contribution in [0.3, 0.4) is 0 Å². The largest absolute Gasteiger partial charge is 0.308 e. The Bertz CT molecular complexity index is 905. The first-order chi connectivity index (χ1) is 12.6. The third kappa shape index (κ3) is 3.51. The van der Waals surface area contributed by atoms with Gasteiger partial charge in [0.25, 0.3) is 0 Å². The predicted octanol–water partition coefficient (Wildman–Crippen LogP) is 4.41. The van der Waals surface area contributed by atoms with Gasteiger partial charge in [0.05, 0.1) is 12.7 Å². The minimum atomic E-state index is 0.0126. The summed E-state index contributed by atoms with van der Waals surface area (Å²) >= 11 is 6.02. The van der Waals surface area contributed by atoms with Crippen molar-refractivity contribution >= 4 is 23.2 Å². The summed E-state index contributed by atoms with van der Waals surface area (Å²) in [6.07, 6.45) is 4.74. The maximum Gasteiger partial charge on any atom is 0.231 e. The first-order valence-corrected chi connectivity index (χ1v) is 9.09. The number of hydrogen-bond acceptors (Lipinski definition) is 2. The Balaban J connectivity index is 1.58. The van der Waals surface area contributed by atoms with E-state index in [2.05, 4.69) is 5.10 Å². The molecule has 0 bridgehead atoms. The van der Waals surface area contributed by atoms with E-state index in [0.29, 0.717) is 11.6 Å². The number of amides is 1. The fourth-order valence-corrected chi connectivity index (χ4v) is 3.48. The predicted molar refractivity (Wildman–Crippen MR) is 103 cm³/mol. The van der Waals surface area contributed by atoms with Crippen molar-refractivity contribution in [1.82, 2.24) is 9.78 Å². The molecule has 1 amide bonds. The molecule has 3 aromatic rings. The zero-order valence-electron chi connectivity index (χ0n) is 14.5. The normalized spacial score (nSPS) is 18.5. The lowest BCUT2D eigenvalue weighted by molar-refractivity contribution is -0.120. The molecule has 4 rings (SSSR count). The van der Waals surface area contributed by atoms with E-state index in [1.165, 1.54) is 0 Å². The molecule has 2 aromatic carbocycles. The summed E-state index contributed by atoms with van der Waals surface area (Å²) in [5, 5.41) is 4.90. The lowest BCUT2D eigenvalue weighted by Gasteiger charge is -2.23. The smallest absolute Gasteiger partial charge is 0.231 e. The van der Waals surface area contributed by atoms with Gasteiger partial charge < -0.3 is 4.90 Å². The van der Waals surface area contributed by atoms with Crippen LogP contribution in [0.25, 0.3) is 0 Å². The standard InChI is InChI=1S/C21H20ClN3O/c1-24-14-16(12-23-24)19-11-20(19)21(26)25(13-15-5-3-2-4-6-15)18-9-7-17(22)8-10-18/h2-10,12,14,19-20H,11,13H2,1H3/t19-,20+/m1/s1. The first-order valence-electron chi connectivity index (χ1n) is 8.71. The van der Waals surface area contributed by atoms with E-state index in [9.17, 15) is 4.79 Å². The van der Waals surface area contributed by atoms with Crippen LogP contribution in [0.1, 0.15) is 23.5 Å². The monoisotopic (exact) mass is 365 g/mol. The molecule has 1 saturated carbocycles. The molecule has 1 aromatic heterocycles. The number of carbonyl (C=O) groups excluding carboxylic acids is 1. The molecule has 4 nitrogen and oxygen atoms in total. The fourth-order valence-electron chi connectivity index (χ4n) is 3.35. The van der Waals surface area contributed by atoms with Gasteiger partial charge in [-0.25, -0.2) is 0 Å². The molecule has 1 heterocycles. The summed E-state index contributed by atoms with van der Waals surface area (Å²) in [4.78, 5) is 15.1. The van der Waals surface area contributed by atoms with Crippen LogP contribution in [0.4, 0.5) is 5.69 Å². The molecule has 1 aliphatic carbocycles. The van der Waals surface area contributed by atoms with Crippen LogP contribution in [0.15, 0.2) is 67.0 Å². The van der Waals surface area contributed by atoms with E-state index >= 15 is 0 Å². The van der Waals surface area contributed by atoms with Crippen LogP contribution < -0.4 is 4.90 Å². The highest BCUT2D eigenvalue weighted by Crippen LogP contribution is 2.49. The van der Waals surface area contributed by atoms with Gasteiger partial charge >= 0.3 is 0 Å². The Hall–Kier alpha value is -2.59. The number of aryl methyl sites for hydroxylation is 1. The summed E-state index contributed by atoms with van der Waals surface area (Å²) in [5.74, 6) is 0.436. The number of rotatable bonds is 5. The van der Waals surface area contributed by atoms with Crippen molar-refractivity contribution in [3.8, 4) is 0 Å². The van der Waals surface area contributed by atoms with Crippen LogP contribution in [0.2, 0.25) is 5.02 Å². The number of halogens is 1. The average Bonchev–Trinajstić information content (AvgIpc) is 3.34. The highest BCUT2D eigenvalue weighted by Gasteiger charge is 2.46. The molecule has 1 fully saturated rings. The number of carbonyl (C=O) groups is 1. The third-order valence-electron chi connectivity index (χ3n) is 4.85. The summed E-state index contributed by atoms with van der Waals surface area (Å²) in [7, 11) is 1.90. The Morgan fingerprint density at radius 3 is 2.58 bits per heavy atom. The summed E-state index contributed by atoms with van der Waals surface area (Å²) in [6, 6.07) is 17.5. The van der Waals surface area contributed by atoms with Gasteiger partial charge in [-0.2, -0.15) is 5.10 Å². The average molecular weight is 366 g/mol. The molecule has 0 spiro atoms. The molecular formula is C21H20ClN3O. The van der Waals surface area contributed by atoms with Gasteiger partial charge in [0.15, 0.2) is 0 Å². The molecule has 0 saturated heterocycles. The zero-order valence-corrected chi connectivity index (χ0v) is 15.3. The molecule has 1 aliphatic rings. The Morgan fingerprint density at radius 2 is 1.92 bits per heavy atom. The molecule has 0 radical (unpaired) electrons. The van der Waals surface area contributed by atoms with Crippen LogP contribution in [0.5, 0.6) is 0 Å². The van der Waals surface area contributed by atoms with E-state index in [-0.39, 0.29) is 17.7 Å². The molecule has 132 valence electrons. The quantitative estimate of drug-likeness (QED) is 0.671. The van der Waals surface area contributed by atoms with Crippen LogP contribution >= 0.6 is 11.6 Å². The van der Waals surface area contributed by atoms with Gasteiger partial charge in [-0.15, -0.1) is 0 Å². The Morgan fingerprint density at radius 1 is 1.19 bits per heavy atom. The Kier molecular flexibility index (Phi) is 4.51. The maximum atomic E-state index is 13.3. The van der Waals surface area contributed by atoms with Crippen molar-refractivity contribution < 1.29 is 4.79 Å². The highest BCUT2D eigenvalue weighted by molar-refractivity contribution is 6.30. The first kappa shape index (κ1) is 16.9. The number of nitrogens with zero attached hydrogens (tertiary/aromatic N) is 3. The molecule has 0 unspecified atom stereocenters. The van der Waals surface area contributed by atoms with Crippen LogP contribution in [-0.4, -0.2) is 15.7 Å². The molecule has 26 heavy (non-hydrogen) atoms. The number of hydrogen-bond donors (Lipinski definition) is 0. The van der Waals surface area contributed by atoms with Crippen molar-refractivity contribution in [2.75, 3.05) is 4.90 Å². The lowest BCUT2D eigenvalue weighted by Crippen LogP contribution is -2.32. The van der Waals surface area contributed by atoms with E-state index in [1.54, 1.807) is 4.68 Å². The lowest BCUT2D eigenvalue weighted by atomic mass is 10.1. The van der Waals surface area contributed by atoms with E-state index in [1.807, 2.05) is 78.9 Å². The topological polar surface area (TPSA) is 38.1 Å². The number of anilines is 1. The maximum absolute atomic E-state index is 13.3.